The smallest absolute Gasteiger partial charge is 0.212 e. The zero-order chi connectivity index (χ0) is 14.1. The Morgan fingerprint density at radius 2 is 2.00 bits per heavy atom. The van der Waals surface area contributed by atoms with E-state index in [1.165, 1.54) is 0 Å². The lowest BCUT2D eigenvalue weighted by molar-refractivity contribution is 0.173. The third-order valence-electron chi connectivity index (χ3n) is 2.67. The fourth-order valence-corrected chi connectivity index (χ4v) is 3.59. The molecule has 6 heteroatoms. The van der Waals surface area contributed by atoms with Crippen LogP contribution >= 0.6 is 15.9 Å². The molecule has 1 N–H and O–H groups in total. The topological polar surface area (TPSA) is 55.4 Å². The van der Waals surface area contributed by atoms with Gasteiger partial charge in [0.25, 0.3) is 0 Å². The first-order valence-corrected chi connectivity index (χ1v) is 8.93. The molecule has 4 nitrogen and oxygen atoms in total. The van der Waals surface area contributed by atoms with Crippen LogP contribution in [0.2, 0.25) is 0 Å². The third kappa shape index (κ3) is 7.06. The van der Waals surface area contributed by atoms with E-state index in [2.05, 4.69) is 20.7 Å². The summed E-state index contributed by atoms with van der Waals surface area (Å²) in [6.07, 6.45) is 1.22. The molecule has 0 aliphatic rings. The van der Waals surface area contributed by atoms with Gasteiger partial charge in [0.2, 0.25) is 10.0 Å². The number of ether oxygens (including phenoxy) is 1. The van der Waals surface area contributed by atoms with E-state index < -0.39 is 10.0 Å². The molecule has 0 saturated heterocycles. The number of aryl methyl sites for hydroxylation is 1. The van der Waals surface area contributed by atoms with Crippen LogP contribution in [0.15, 0.2) is 30.3 Å². The largest absolute Gasteiger partial charge is 0.383 e. The van der Waals surface area contributed by atoms with Gasteiger partial charge in [0, 0.05) is 18.5 Å². The van der Waals surface area contributed by atoms with Crippen LogP contribution in [0.25, 0.3) is 0 Å². The molecular formula is C13H20BrNO3S. The zero-order valence-electron chi connectivity index (χ0n) is 11.0. The van der Waals surface area contributed by atoms with Crippen molar-refractivity contribution in [1.29, 1.82) is 0 Å². The highest BCUT2D eigenvalue weighted by atomic mass is 79.9. The highest BCUT2D eigenvalue weighted by Gasteiger charge is 2.17. The van der Waals surface area contributed by atoms with Crippen molar-refractivity contribution in [3.63, 3.8) is 0 Å². The summed E-state index contributed by atoms with van der Waals surface area (Å²) in [6.45, 7) is 0.385. The molecule has 0 spiro atoms. The van der Waals surface area contributed by atoms with Crippen LogP contribution in [-0.2, 0) is 21.2 Å². The van der Waals surface area contributed by atoms with E-state index in [0.717, 1.165) is 10.9 Å². The molecule has 0 amide bonds. The molecule has 0 saturated carbocycles. The van der Waals surface area contributed by atoms with Crippen molar-refractivity contribution in [2.75, 3.05) is 24.8 Å². The second-order valence-corrected chi connectivity index (χ2v) is 6.97. The fraction of sp³-hybridized carbons (Fsp3) is 0.538. The predicted molar refractivity (Wildman–Crippen MR) is 81.1 cm³/mol. The number of sulfonamides is 1. The SMILES string of the molecule is COCC(CCBr)NS(=O)(=O)CCc1ccccc1. The molecule has 0 bridgehead atoms. The molecule has 1 atom stereocenters. The zero-order valence-corrected chi connectivity index (χ0v) is 13.4. The van der Waals surface area contributed by atoms with E-state index in [0.29, 0.717) is 19.4 Å². The van der Waals surface area contributed by atoms with Gasteiger partial charge in [0.1, 0.15) is 0 Å². The van der Waals surface area contributed by atoms with Gasteiger partial charge in [-0.25, -0.2) is 13.1 Å². The standard InChI is InChI=1S/C13H20BrNO3S/c1-18-11-13(7-9-14)15-19(16,17)10-8-12-5-3-2-4-6-12/h2-6,13,15H,7-11H2,1H3. The van der Waals surface area contributed by atoms with Crippen molar-refractivity contribution >= 4 is 26.0 Å². The summed E-state index contributed by atoms with van der Waals surface area (Å²) in [5, 5.41) is 0.738. The van der Waals surface area contributed by atoms with Gasteiger partial charge in [-0.15, -0.1) is 0 Å². The van der Waals surface area contributed by atoms with E-state index in [1.54, 1.807) is 7.11 Å². The molecule has 0 radical (unpaired) electrons. The first kappa shape index (κ1) is 16.6. The maximum atomic E-state index is 12.0. The lowest BCUT2D eigenvalue weighted by atomic mass is 10.2. The number of hydrogen-bond acceptors (Lipinski definition) is 3. The average Bonchev–Trinajstić information content (AvgIpc) is 2.38. The number of alkyl halides is 1. The highest BCUT2D eigenvalue weighted by Crippen LogP contribution is 2.04. The van der Waals surface area contributed by atoms with Crippen LogP contribution in [0.3, 0.4) is 0 Å². The van der Waals surface area contributed by atoms with E-state index in [4.69, 9.17) is 4.74 Å². The molecule has 0 aromatic heterocycles. The van der Waals surface area contributed by atoms with Crippen molar-refractivity contribution in [3.05, 3.63) is 35.9 Å². The molecule has 0 fully saturated rings. The van der Waals surface area contributed by atoms with Gasteiger partial charge >= 0.3 is 0 Å². The Morgan fingerprint density at radius 1 is 1.32 bits per heavy atom. The molecule has 1 aromatic carbocycles. The Labute approximate surface area is 123 Å². The number of rotatable bonds is 9. The normalized spacial score (nSPS) is 13.4. The molecule has 1 rings (SSSR count). The Morgan fingerprint density at radius 3 is 2.58 bits per heavy atom. The van der Waals surface area contributed by atoms with Gasteiger partial charge < -0.3 is 4.74 Å². The van der Waals surface area contributed by atoms with Crippen LogP contribution in [0.4, 0.5) is 0 Å². The number of halogens is 1. The van der Waals surface area contributed by atoms with Gasteiger partial charge in [0.15, 0.2) is 0 Å². The van der Waals surface area contributed by atoms with Crippen molar-refractivity contribution in [1.82, 2.24) is 4.72 Å². The Bertz CT molecular complexity index is 444. The van der Waals surface area contributed by atoms with Crippen LogP contribution in [0, 0.1) is 0 Å². The van der Waals surface area contributed by atoms with Gasteiger partial charge in [0.05, 0.1) is 12.4 Å². The monoisotopic (exact) mass is 349 g/mol. The lowest BCUT2D eigenvalue weighted by Gasteiger charge is -2.16. The van der Waals surface area contributed by atoms with E-state index in [1.807, 2.05) is 30.3 Å². The quantitative estimate of drug-likeness (QED) is 0.693. The summed E-state index contributed by atoms with van der Waals surface area (Å²) in [5.74, 6) is 0.0967. The van der Waals surface area contributed by atoms with E-state index >= 15 is 0 Å². The maximum absolute atomic E-state index is 12.0. The summed E-state index contributed by atoms with van der Waals surface area (Å²) in [5.41, 5.74) is 1.02. The molecule has 1 unspecified atom stereocenters. The first-order chi connectivity index (χ1) is 9.07. The molecule has 1 aromatic rings. The van der Waals surface area contributed by atoms with Crippen LogP contribution in [0.5, 0.6) is 0 Å². The molecule has 108 valence electrons. The summed E-state index contributed by atoms with van der Waals surface area (Å²) in [7, 11) is -1.71. The Balaban J connectivity index is 2.50. The first-order valence-electron chi connectivity index (χ1n) is 6.16. The van der Waals surface area contributed by atoms with Crippen molar-refractivity contribution in [2.45, 2.75) is 18.9 Å². The number of benzene rings is 1. The molecule has 0 aliphatic heterocycles. The summed E-state index contributed by atoms with van der Waals surface area (Å²) in [6, 6.07) is 9.43. The van der Waals surface area contributed by atoms with Gasteiger partial charge in [-0.2, -0.15) is 0 Å². The lowest BCUT2D eigenvalue weighted by Crippen LogP contribution is -2.39. The molecular weight excluding hydrogens is 330 g/mol. The minimum absolute atomic E-state index is 0.0967. The van der Waals surface area contributed by atoms with Crippen LogP contribution in [0.1, 0.15) is 12.0 Å². The highest BCUT2D eigenvalue weighted by molar-refractivity contribution is 9.09. The van der Waals surface area contributed by atoms with E-state index in [9.17, 15) is 8.42 Å². The van der Waals surface area contributed by atoms with Gasteiger partial charge in [-0.05, 0) is 18.4 Å². The third-order valence-corrected chi connectivity index (χ3v) is 4.57. The van der Waals surface area contributed by atoms with Crippen molar-refractivity contribution in [3.8, 4) is 0 Å². The van der Waals surface area contributed by atoms with Crippen molar-refractivity contribution < 1.29 is 13.2 Å². The van der Waals surface area contributed by atoms with Crippen LogP contribution in [-0.4, -0.2) is 39.3 Å². The molecule has 19 heavy (non-hydrogen) atoms. The second kappa shape index (κ2) is 8.68. The Kier molecular flexibility index (Phi) is 7.60. The van der Waals surface area contributed by atoms with Crippen LogP contribution < -0.4 is 4.72 Å². The predicted octanol–water partition coefficient (Wildman–Crippen LogP) is 1.95. The number of nitrogens with one attached hydrogen (secondary N) is 1. The summed E-state index contributed by atoms with van der Waals surface area (Å²) < 4.78 is 31.7. The summed E-state index contributed by atoms with van der Waals surface area (Å²) in [4.78, 5) is 0. The number of methoxy groups -OCH3 is 1. The van der Waals surface area contributed by atoms with Gasteiger partial charge in [-0.3, -0.25) is 0 Å². The minimum Gasteiger partial charge on any atom is -0.383 e. The molecule has 0 heterocycles. The minimum atomic E-state index is -3.27. The fourth-order valence-electron chi connectivity index (χ4n) is 1.72. The van der Waals surface area contributed by atoms with E-state index in [-0.39, 0.29) is 11.8 Å². The summed E-state index contributed by atoms with van der Waals surface area (Å²) >= 11 is 3.31. The maximum Gasteiger partial charge on any atom is 0.212 e. The number of hydrogen-bond donors (Lipinski definition) is 1. The van der Waals surface area contributed by atoms with Gasteiger partial charge in [-0.1, -0.05) is 46.3 Å². The van der Waals surface area contributed by atoms with Crippen molar-refractivity contribution in [2.24, 2.45) is 0 Å². The second-order valence-electron chi connectivity index (χ2n) is 4.30. The molecule has 0 aliphatic carbocycles. The Hall–Kier alpha value is -0.430. The average molecular weight is 350 g/mol.